The average molecular weight is 300 g/mol. The molecule has 3 rings (SSSR count). The molecule has 5 heteroatoms. The number of fused-ring (bicyclic) bond motifs is 1. The molecule has 2 N–H and O–H groups in total. The van der Waals surface area contributed by atoms with E-state index >= 15 is 0 Å². The first-order valence-corrected chi connectivity index (χ1v) is 6.24. The number of hydrogen-bond acceptors (Lipinski definition) is 3. The van der Waals surface area contributed by atoms with Crippen molar-refractivity contribution in [3.63, 3.8) is 0 Å². The number of nitrogens with one attached hydrogen (secondary N) is 2. The van der Waals surface area contributed by atoms with Gasteiger partial charge in [0.05, 0.1) is 10.2 Å². The van der Waals surface area contributed by atoms with Crippen LogP contribution in [0, 0.1) is 0 Å². The number of cyclic esters (lactones) is 1. The number of H-pyrrole nitrogens is 1. The van der Waals surface area contributed by atoms with Crippen LogP contribution >= 0.6 is 0 Å². The Bertz CT molecular complexity index is 1110. The van der Waals surface area contributed by atoms with E-state index in [2.05, 4.69) is 0 Å². The second-order valence-electron chi connectivity index (χ2n) is 4.58. The monoisotopic (exact) mass is 300 g/mol. The lowest BCUT2D eigenvalue weighted by molar-refractivity contribution is 0.177. The summed E-state index contributed by atoms with van der Waals surface area (Å²) in [5.74, 6) is 0. The summed E-state index contributed by atoms with van der Waals surface area (Å²) in [6.07, 6.45) is -2.92. The number of aromatic nitrogens is 1. The molecule has 1 saturated heterocycles. The van der Waals surface area contributed by atoms with Crippen LogP contribution in [0.5, 0.6) is 0 Å². The number of likely N-dealkylation sites (N-methyl/N-ethyl adjacent to an activating group) is 1. The van der Waals surface area contributed by atoms with Gasteiger partial charge < -0.3 is 19.9 Å². The molecule has 1 atom stereocenters. The lowest BCUT2D eigenvalue weighted by Crippen LogP contribution is -2.28. The smallest absolute Gasteiger partial charge is 0.407 e. The molecule has 112 valence electrons. The minimum Gasteiger partial charge on any atom is -0.447 e. The zero-order chi connectivity index (χ0) is 26.0. The minimum atomic E-state index is -3.17. The molecule has 1 aromatic heterocycles. The number of amides is 1. The Morgan fingerprint density at radius 1 is 1.62 bits per heavy atom. The Labute approximate surface area is 142 Å². The predicted molar refractivity (Wildman–Crippen MR) is 82.5 cm³/mol. The van der Waals surface area contributed by atoms with Gasteiger partial charge in [0.15, 0.2) is 2.82 Å². The molecule has 0 bridgehead atoms. The van der Waals surface area contributed by atoms with Gasteiger partial charge in [0.25, 0.3) is 0 Å². The van der Waals surface area contributed by atoms with Crippen LogP contribution in [0.2, 0.25) is 2.82 Å². The van der Waals surface area contributed by atoms with Gasteiger partial charge in [-0.2, -0.15) is 0 Å². The van der Waals surface area contributed by atoms with Crippen LogP contribution in [0.1, 0.15) is 26.2 Å². The van der Waals surface area contributed by atoms with Crippen molar-refractivity contribution in [3.05, 3.63) is 35.5 Å². The molecule has 0 radical (unpaired) electrons. The summed E-state index contributed by atoms with van der Waals surface area (Å²) in [5, 5.41) is 0.279. The molecular weight excluding hydrogens is 266 g/mol. The number of rotatable bonds is 5. The van der Waals surface area contributed by atoms with E-state index in [1.807, 2.05) is 0 Å². The van der Waals surface area contributed by atoms with Crippen LogP contribution in [-0.4, -0.2) is 49.1 Å². The summed E-state index contributed by atoms with van der Waals surface area (Å²) in [4.78, 5) is 12.1. The average Bonchev–Trinajstić information content (AvgIpc) is 3.21. The number of aromatic amines is 1. The topological polar surface area (TPSA) is 57.4 Å². The van der Waals surface area contributed by atoms with Gasteiger partial charge in [0.2, 0.25) is 0 Å². The zero-order valence-corrected chi connectivity index (χ0v) is 10.9. The molecular formula is C16H21N3O2. The van der Waals surface area contributed by atoms with Crippen LogP contribution < -0.4 is 5.31 Å². The Morgan fingerprint density at radius 2 is 2.52 bits per heavy atom. The van der Waals surface area contributed by atoms with Crippen LogP contribution in [0.15, 0.2) is 24.3 Å². The fourth-order valence-corrected chi connectivity index (χ4v) is 2.06. The van der Waals surface area contributed by atoms with E-state index in [4.69, 9.17) is 22.6 Å². The molecule has 5 nitrogen and oxygen atoms in total. The second kappa shape index (κ2) is 5.77. The quantitative estimate of drug-likeness (QED) is 0.887. The van der Waals surface area contributed by atoms with Crippen molar-refractivity contribution >= 4 is 17.0 Å². The molecule has 1 amide bonds. The maximum atomic E-state index is 11.5. The van der Waals surface area contributed by atoms with E-state index in [1.54, 1.807) is 0 Å². The van der Waals surface area contributed by atoms with Crippen LogP contribution in [0.3, 0.4) is 0 Å². The number of carbonyl (C=O) groups is 1. The molecule has 2 aromatic rings. The van der Waals surface area contributed by atoms with Crippen molar-refractivity contribution in [2.24, 2.45) is 0 Å². The largest absolute Gasteiger partial charge is 0.447 e. The Balaban J connectivity index is 2.17. The normalized spacial score (nSPS) is 29.6. The molecule has 0 aliphatic carbocycles. The van der Waals surface area contributed by atoms with E-state index in [-0.39, 0.29) is 34.4 Å². The second-order valence-corrected chi connectivity index (χ2v) is 4.58. The highest BCUT2D eigenvalue weighted by atomic mass is 16.6. The van der Waals surface area contributed by atoms with Gasteiger partial charge >= 0.3 is 6.09 Å². The van der Waals surface area contributed by atoms with Gasteiger partial charge in [-0.25, -0.2) is 4.79 Å². The van der Waals surface area contributed by atoms with Crippen molar-refractivity contribution in [3.8, 4) is 0 Å². The van der Waals surface area contributed by atoms with Crippen LogP contribution in [-0.2, 0) is 17.5 Å². The fourth-order valence-electron chi connectivity index (χ4n) is 2.06. The summed E-state index contributed by atoms with van der Waals surface area (Å²) in [5.41, 5.74) is -0.768. The Kier molecular flexibility index (Phi) is 1.46. The highest BCUT2D eigenvalue weighted by Crippen LogP contribution is 2.21. The molecule has 0 spiro atoms. The molecule has 0 saturated carbocycles. The van der Waals surface area contributed by atoms with Crippen LogP contribution in [0.25, 0.3) is 10.9 Å². The molecule has 1 aliphatic heterocycles. The maximum absolute atomic E-state index is 11.5. The first kappa shape index (κ1) is 5.32. The molecule has 2 heterocycles. The van der Waals surface area contributed by atoms with E-state index in [1.165, 1.54) is 0 Å². The van der Waals surface area contributed by atoms with E-state index in [0.717, 1.165) is 6.20 Å². The number of ether oxygens (including phenoxy) is 1. The fraction of sp³-hybridized carbons (Fsp3) is 0.438. The van der Waals surface area contributed by atoms with Gasteiger partial charge in [0.1, 0.15) is 6.61 Å². The number of hydrogen-bond donors (Lipinski definition) is 2. The van der Waals surface area contributed by atoms with Gasteiger partial charge in [-0.05, 0) is 50.0 Å². The third kappa shape index (κ3) is 3.19. The third-order valence-electron chi connectivity index (χ3n) is 2.99. The highest BCUT2D eigenvalue weighted by Gasteiger charge is 2.22. The van der Waals surface area contributed by atoms with Gasteiger partial charge in [0, 0.05) is 34.6 Å². The Hall–Kier alpha value is -2.01. The standard InChI is InChI=1S/C16H21N3O2/c1-19(2)6-5-12-9-17-15-4-3-11(8-14(12)15)7-13-10-21-16(20)18-13/h3-4,8-9,13,17H,5-7,10H2,1-2H3,(H,18,20)/t13-/m0/s1/i1D3,2D3,3D,4D,5D2,8D/hD2. The molecule has 1 aromatic carbocycles. The first-order valence-electron chi connectivity index (χ1n) is 12.6. The maximum Gasteiger partial charge on any atom is 0.407 e. The number of benzene rings is 1. The summed E-state index contributed by atoms with van der Waals surface area (Å²) in [7, 11) is 0. The van der Waals surface area contributed by atoms with Gasteiger partial charge in [-0.3, -0.25) is 0 Å². The molecule has 0 unspecified atom stereocenters. The van der Waals surface area contributed by atoms with E-state index in [9.17, 15) is 4.79 Å². The number of carbonyl (C=O) groups excluding carboxylic acids is 1. The molecule has 1 aliphatic rings. The summed E-state index contributed by atoms with van der Waals surface area (Å²) in [6, 6.07) is -2.26. The number of nitrogens with zero attached hydrogens (tertiary/aromatic N) is 1. The van der Waals surface area contributed by atoms with Gasteiger partial charge in [-0.1, -0.05) is 6.04 Å². The third-order valence-corrected chi connectivity index (χ3v) is 2.99. The molecule has 21 heavy (non-hydrogen) atoms. The SMILES string of the molecule is [2H]c1c(C[C@H]2COC(=O)N2[2H])c([2H])c2c(C([2H])([2H])CN(C([2H])([2H])[2H])C([2H])([2H])[2H])cn([2H])c2c1[2H]. The summed E-state index contributed by atoms with van der Waals surface area (Å²) in [6.45, 7) is -7.66. The van der Waals surface area contributed by atoms with Crippen molar-refractivity contribution in [2.45, 2.75) is 18.8 Å². The van der Waals surface area contributed by atoms with Crippen molar-refractivity contribution < 1.29 is 27.4 Å². The van der Waals surface area contributed by atoms with Crippen molar-refractivity contribution in [1.29, 1.82) is 0 Å². The lowest BCUT2D eigenvalue weighted by atomic mass is 10.0. The van der Waals surface area contributed by atoms with E-state index < -0.39 is 62.7 Å². The predicted octanol–water partition coefficient (Wildman–Crippen LogP) is 1.92. The van der Waals surface area contributed by atoms with Gasteiger partial charge in [-0.15, -0.1) is 0 Å². The van der Waals surface area contributed by atoms with E-state index in [0.29, 0.717) is 10.3 Å². The summed E-state index contributed by atoms with van der Waals surface area (Å²) < 4.78 is 108. The van der Waals surface area contributed by atoms with Crippen molar-refractivity contribution in [2.75, 3.05) is 27.1 Å². The first-order chi connectivity index (χ1) is 15.4. The highest BCUT2D eigenvalue weighted by molar-refractivity contribution is 5.84. The lowest BCUT2D eigenvalue weighted by Gasteiger charge is -2.09. The minimum absolute atomic E-state index is 0.0254. The number of alkyl carbamates (subject to hydrolysis) is 1. The molecule has 1 fully saturated rings. The Morgan fingerprint density at radius 3 is 3.29 bits per heavy atom. The van der Waals surface area contributed by atoms with Crippen LogP contribution in [0.4, 0.5) is 4.79 Å². The summed E-state index contributed by atoms with van der Waals surface area (Å²) >= 11 is 0. The van der Waals surface area contributed by atoms with Crippen molar-refractivity contribution in [1.82, 2.24) is 15.2 Å². The zero-order valence-electron chi connectivity index (χ0n) is 23.9.